The summed E-state index contributed by atoms with van der Waals surface area (Å²) >= 11 is 0. The second-order valence-electron chi connectivity index (χ2n) is 8.96. The molecular formula is C25H30N4O4S. The Labute approximate surface area is 201 Å². The highest BCUT2D eigenvalue weighted by Gasteiger charge is 2.33. The Bertz CT molecular complexity index is 1210. The van der Waals surface area contributed by atoms with Gasteiger partial charge in [-0.15, -0.1) is 0 Å². The second kappa shape index (κ2) is 9.65. The Morgan fingerprint density at radius 3 is 2.41 bits per heavy atom. The van der Waals surface area contributed by atoms with Crippen molar-refractivity contribution in [1.29, 1.82) is 5.26 Å². The zero-order valence-electron chi connectivity index (χ0n) is 19.8. The largest absolute Gasteiger partial charge is 0.496 e. The molecule has 0 aliphatic carbocycles. The molecule has 0 aromatic heterocycles. The number of hydrogen-bond donors (Lipinski definition) is 0. The Balaban J connectivity index is 1.58. The van der Waals surface area contributed by atoms with Crippen LogP contribution in [0.3, 0.4) is 0 Å². The first-order chi connectivity index (χ1) is 16.3. The molecule has 4 rings (SSSR count). The number of sulfonamides is 1. The van der Waals surface area contributed by atoms with Gasteiger partial charge in [0.2, 0.25) is 0 Å². The third-order valence-electron chi connectivity index (χ3n) is 6.59. The van der Waals surface area contributed by atoms with Crippen LogP contribution in [0.15, 0.2) is 47.4 Å². The standard InChI is InChI=1S/C25H30N4O4S/c1-18(2)23(17-26)27-12-14-28(15-13-27)25(30)21-16-20(8-9-24(21)33-3)34(31,32)29-11-10-19-6-4-5-7-22(19)29/h4-9,16,18,23H,10-15H2,1-3H3. The van der Waals surface area contributed by atoms with E-state index in [2.05, 4.69) is 11.0 Å². The molecule has 8 nitrogen and oxygen atoms in total. The number of hydrogen-bond acceptors (Lipinski definition) is 6. The Kier molecular flexibility index (Phi) is 6.82. The van der Waals surface area contributed by atoms with Crippen LogP contribution in [0.25, 0.3) is 0 Å². The molecule has 9 heteroatoms. The summed E-state index contributed by atoms with van der Waals surface area (Å²) in [6, 6.07) is 14.1. The van der Waals surface area contributed by atoms with Crippen LogP contribution in [0, 0.1) is 17.2 Å². The maximum Gasteiger partial charge on any atom is 0.264 e. The first-order valence-electron chi connectivity index (χ1n) is 11.5. The van der Waals surface area contributed by atoms with E-state index in [-0.39, 0.29) is 28.3 Å². The molecule has 2 aromatic rings. The number of amides is 1. The summed E-state index contributed by atoms with van der Waals surface area (Å²) in [5.74, 6) is 0.267. The molecule has 34 heavy (non-hydrogen) atoms. The molecule has 0 spiro atoms. The van der Waals surface area contributed by atoms with Gasteiger partial charge < -0.3 is 9.64 Å². The van der Waals surface area contributed by atoms with Crippen LogP contribution >= 0.6 is 0 Å². The molecule has 0 N–H and O–H groups in total. The predicted octanol–water partition coefficient (Wildman–Crippen LogP) is 2.75. The number of piperazine rings is 1. The highest BCUT2D eigenvalue weighted by Crippen LogP contribution is 2.34. The van der Waals surface area contributed by atoms with Crippen molar-refractivity contribution in [2.24, 2.45) is 5.92 Å². The average Bonchev–Trinajstić information content (AvgIpc) is 3.29. The summed E-state index contributed by atoms with van der Waals surface area (Å²) in [5, 5.41) is 9.48. The van der Waals surface area contributed by atoms with Crippen molar-refractivity contribution in [2.75, 3.05) is 44.1 Å². The Morgan fingerprint density at radius 2 is 1.76 bits per heavy atom. The maximum atomic E-state index is 13.5. The number of rotatable bonds is 6. The summed E-state index contributed by atoms with van der Waals surface area (Å²) in [5.41, 5.74) is 1.90. The quantitative estimate of drug-likeness (QED) is 0.629. The first-order valence-corrected chi connectivity index (χ1v) is 12.9. The van der Waals surface area contributed by atoms with E-state index in [1.165, 1.54) is 23.5 Å². The number of nitrogens with zero attached hydrogens (tertiary/aromatic N) is 4. The first kappa shape index (κ1) is 24.0. The fraction of sp³-hybridized carbons (Fsp3) is 0.440. The van der Waals surface area contributed by atoms with Gasteiger partial charge in [0.1, 0.15) is 11.8 Å². The highest BCUT2D eigenvalue weighted by molar-refractivity contribution is 7.92. The minimum absolute atomic E-state index is 0.0661. The van der Waals surface area contributed by atoms with Gasteiger partial charge in [0, 0.05) is 32.7 Å². The normalized spacial score (nSPS) is 17.4. The number of fused-ring (bicyclic) bond motifs is 1. The van der Waals surface area contributed by atoms with Crippen LogP contribution < -0.4 is 9.04 Å². The van der Waals surface area contributed by atoms with Gasteiger partial charge in [-0.3, -0.25) is 14.0 Å². The van der Waals surface area contributed by atoms with E-state index >= 15 is 0 Å². The maximum absolute atomic E-state index is 13.5. The van der Waals surface area contributed by atoms with Crippen LogP contribution in [-0.4, -0.2) is 70.0 Å². The zero-order chi connectivity index (χ0) is 24.5. The summed E-state index contributed by atoms with van der Waals surface area (Å²) in [6.07, 6.45) is 0.654. The van der Waals surface area contributed by atoms with Crippen molar-refractivity contribution in [3.8, 4) is 11.8 Å². The summed E-state index contributed by atoms with van der Waals surface area (Å²) < 4.78 is 33.8. The minimum atomic E-state index is -3.83. The van der Waals surface area contributed by atoms with Gasteiger partial charge in [-0.1, -0.05) is 32.0 Å². The molecule has 1 unspecified atom stereocenters. The van der Waals surface area contributed by atoms with Crippen LogP contribution in [0.5, 0.6) is 5.75 Å². The molecule has 1 saturated heterocycles. The molecule has 1 amide bonds. The van der Waals surface area contributed by atoms with E-state index in [0.717, 1.165) is 5.56 Å². The van der Waals surface area contributed by atoms with Crippen molar-refractivity contribution in [2.45, 2.75) is 31.2 Å². The highest BCUT2D eigenvalue weighted by atomic mass is 32.2. The topological polar surface area (TPSA) is 93.9 Å². The number of ether oxygens (including phenoxy) is 1. The average molecular weight is 483 g/mol. The lowest BCUT2D eigenvalue weighted by atomic mass is 10.0. The monoisotopic (exact) mass is 482 g/mol. The van der Waals surface area contributed by atoms with E-state index in [4.69, 9.17) is 4.74 Å². The predicted molar refractivity (Wildman–Crippen MR) is 129 cm³/mol. The molecule has 0 radical (unpaired) electrons. The van der Waals surface area contributed by atoms with E-state index < -0.39 is 10.0 Å². The van der Waals surface area contributed by atoms with Crippen molar-refractivity contribution in [1.82, 2.24) is 9.80 Å². The van der Waals surface area contributed by atoms with Gasteiger partial charge in [-0.2, -0.15) is 5.26 Å². The van der Waals surface area contributed by atoms with Gasteiger partial charge >= 0.3 is 0 Å². The zero-order valence-corrected chi connectivity index (χ0v) is 20.6. The second-order valence-corrected chi connectivity index (χ2v) is 10.8. The minimum Gasteiger partial charge on any atom is -0.496 e. The lowest BCUT2D eigenvalue weighted by Crippen LogP contribution is -2.52. The van der Waals surface area contributed by atoms with Crippen molar-refractivity contribution in [3.63, 3.8) is 0 Å². The lowest BCUT2D eigenvalue weighted by molar-refractivity contribution is 0.0573. The van der Waals surface area contributed by atoms with E-state index in [0.29, 0.717) is 50.6 Å². The molecule has 2 aliphatic rings. The fourth-order valence-electron chi connectivity index (χ4n) is 4.73. The molecule has 0 bridgehead atoms. The van der Waals surface area contributed by atoms with Gasteiger partial charge in [0.15, 0.2) is 0 Å². The SMILES string of the molecule is COc1ccc(S(=O)(=O)N2CCc3ccccc32)cc1C(=O)N1CCN(C(C#N)C(C)C)CC1. The summed E-state index contributed by atoms with van der Waals surface area (Å²) in [7, 11) is -2.37. The molecule has 2 aromatic carbocycles. The molecule has 2 heterocycles. The molecule has 0 saturated carbocycles. The van der Waals surface area contributed by atoms with Gasteiger partial charge in [-0.25, -0.2) is 8.42 Å². The van der Waals surface area contributed by atoms with Crippen LogP contribution in [0.1, 0.15) is 29.8 Å². The van der Waals surface area contributed by atoms with Crippen LogP contribution in [0.4, 0.5) is 5.69 Å². The molecule has 2 aliphatic heterocycles. The van der Waals surface area contributed by atoms with Crippen LogP contribution in [0.2, 0.25) is 0 Å². The van der Waals surface area contributed by atoms with E-state index in [1.54, 1.807) is 17.0 Å². The molecule has 1 atom stereocenters. The molecule has 180 valence electrons. The third kappa shape index (κ3) is 4.36. The number of para-hydroxylation sites is 1. The van der Waals surface area contributed by atoms with E-state index in [9.17, 15) is 18.5 Å². The number of methoxy groups -OCH3 is 1. The van der Waals surface area contributed by atoms with Crippen molar-refractivity contribution < 1.29 is 17.9 Å². The number of nitriles is 1. The third-order valence-corrected chi connectivity index (χ3v) is 8.40. The fourth-order valence-corrected chi connectivity index (χ4v) is 6.26. The lowest BCUT2D eigenvalue weighted by Gasteiger charge is -2.38. The Morgan fingerprint density at radius 1 is 1.06 bits per heavy atom. The molecular weight excluding hydrogens is 452 g/mol. The molecule has 1 fully saturated rings. The van der Waals surface area contributed by atoms with E-state index in [1.807, 2.05) is 32.0 Å². The van der Waals surface area contributed by atoms with Crippen LogP contribution in [-0.2, 0) is 16.4 Å². The van der Waals surface area contributed by atoms with Crippen molar-refractivity contribution in [3.05, 3.63) is 53.6 Å². The van der Waals surface area contributed by atoms with Gasteiger partial charge in [0.05, 0.1) is 29.3 Å². The van der Waals surface area contributed by atoms with Gasteiger partial charge in [0.25, 0.3) is 15.9 Å². The summed E-state index contributed by atoms with van der Waals surface area (Å²) in [6.45, 7) is 6.50. The number of benzene rings is 2. The smallest absolute Gasteiger partial charge is 0.264 e. The van der Waals surface area contributed by atoms with Gasteiger partial charge in [-0.05, 0) is 42.2 Å². The summed E-state index contributed by atoms with van der Waals surface area (Å²) in [4.78, 5) is 17.3. The number of carbonyl (C=O) groups is 1. The van der Waals surface area contributed by atoms with Crippen molar-refractivity contribution >= 4 is 21.6 Å². The Hall–Kier alpha value is -3.09. The number of carbonyl (C=O) groups excluding carboxylic acids is 1. The number of anilines is 1.